The second-order valence-corrected chi connectivity index (χ2v) is 4.09. The van der Waals surface area contributed by atoms with Crippen LogP contribution in [0.4, 0.5) is 0 Å². The Balaban J connectivity index is 2.51. The zero-order valence-electron chi connectivity index (χ0n) is 10.8. The Morgan fingerprint density at radius 3 is 2.59 bits per heavy atom. The second-order valence-electron chi connectivity index (χ2n) is 4.09. The second kappa shape index (κ2) is 6.68. The molecule has 0 aliphatic carbocycles. The van der Waals surface area contributed by atoms with Crippen LogP contribution < -0.4 is 5.73 Å². The molecule has 6 nitrogen and oxygen atoms in total. The maximum Gasteiger partial charge on any atom is 0.246 e. The molecule has 0 radical (unpaired) electrons. The van der Waals surface area contributed by atoms with E-state index in [-0.39, 0.29) is 0 Å². The highest BCUT2D eigenvalue weighted by atomic mass is 16.5. The third-order valence-electron chi connectivity index (χ3n) is 2.83. The maximum absolute atomic E-state index is 9.32. The van der Waals surface area contributed by atoms with Crippen LogP contribution in [-0.2, 0) is 6.42 Å². The first-order chi connectivity index (χ1) is 8.08. The number of aliphatic hydroxyl groups is 1. The van der Waals surface area contributed by atoms with E-state index in [1.54, 1.807) is 6.92 Å². The van der Waals surface area contributed by atoms with E-state index in [1.165, 1.54) is 0 Å². The summed E-state index contributed by atoms with van der Waals surface area (Å²) in [7, 11) is 0. The third kappa shape index (κ3) is 4.07. The summed E-state index contributed by atoms with van der Waals surface area (Å²) in [6, 6.07) is -0.607. The Labute approximate surface area is 102 Å². The quantitative estimate of drug-likeness (QED) is 0.716. The number of nitrogens with two attached hydrogens (primary N) is 1. The van der Waals surface area contributed by atoms with Crippen molar-refractivity contribution in [1.82, 2.24) is 15.0 Å². The van der Waals surface area contributed by atoms with Gasteiger partial charge in [0.05, 0.1) is 6.10 Å². The van der Waals surface area contributed by atoms with E-state index in [0.29, 0.717) is 11.7 Å². The molecule has 98 valence electrons. The number of likely N-dealkylation sites (N-methyl/N-ethyl adjacent to an activating group) is 1. The van der Waals surface area contributed by atoms with E-state index < -0.39 is 12.1 Å². The average molecular weight is 242 g/mol. The van der Waals surface area contributed by atoms with Gasteiger partial charge in [-0.3, -0.25) is 0 Å². The van der Waals surface area contributed by atoms with Crippen molar-refractivity contribution in [3.63, 3.8) is 0 Å². The van der Waals surface area contributed by atoms with Crippen LogP contribution in [0.1, 0.15) is 38.5 Å². The van der Waals surface area contributed by atoms with Crippen LogP contribution in [0.2, 0.25) is 0 Å². The molecule has 0 saturated carbocycles. The van der Waals surface area contributed by atoms with Crippen molar-refractivity contribution < 1.29 is 9.63 Å². The Bertz CT molecular complexity index is 323. The van der Waals surface area contributed by atoms with Gasteiger partial charge >= 0.3 is 0 Å². The van der Waals surface area contributed by atoms with Gasteiger partial charge in [0.1, 0.15) is 6.04 Å². The fourth-order valence-electron chi connectivity index (χ4n) is 1.51. The SMILES string of the molecule is CCN(CC)CCc1noc(C(N)C(C)O)n1. The van der Waals surface area contributed by atoms with E-state index in [4.69, 9.17) is 10.3 Å². The molecule has 0 aliphatic heterocycles. The molecular weight excluding hydrogens is 220 g/mol. The summed E-state index contributed by atoms with van der Waals surface area (Å²) >= 11 is 0. The van der Waals surface area contributed by atoms with Gasteiger partial charge in [-0.1, -0.05) is 19.0 Å². The lowest BCUT2D eigenvalue weighted by Gasteiger charge is -2.16. The molecule has 1 rings (SSSR count). The van der Waals surface area contributed by atoms with Gasteiger partial charge in [-0.25, -0.2) is 0 Å². The minimum atomic E-state index is -0.689. The predicted molar refractivity (Wildman–Crippen MR) is 64.4 cm³/mol. The van der Waals surface area contributed by atoms with Crippen molar-refractivity contribution in [2.45, 2.75) is 39.3 Å². The van der Waals surface area contributed by atoms with Gasteiger partial charge in [0.15, 0.2) is 5.82 Å². The molecule has 0 aliphatic rings. The van der Waals surface area contributed by atoms with Gasteiger partial charge < -0.3 is 20.3 Å². The molecule has 2 atom stereocenters. The number of nitrogens with zero attached hydrogens (tertiary/aromatic N) is 3. The topological polar surface area (TPSA) is 88.4 Å². The molecule has 17 heavy (non-hydrogen) atoms. The van der Waals surface area contributed by atoms with Gasteiger partial charge in [-0.2, -0.15) is 4.98 Å². The van der Waals surface area contributed by atoms with Crippen LogP contribution in [0.25, 0.3) is 0 Å². The van der Waals surface area contributed by atoms with E-state index in [0.717, 1.165) is 26.1 Å². The first-order valence-electron chi connectivity index (χ1n) is 6.06. The molecule has 0 bridgehead atoms. The monoisotopic (exact) mass is 242 g/mol. The molecule has 0 amide bonds. The third-order valence-corrected chi connectivity index (χ3v) is 2.83. The zero-order chi connectivity index (χ0) is 12.8. The van der Waals surface area contributed by atoms with E-state index >= 15 is 0 Å². The predicted octanol–water partition coefficient (Wildman–Crippen LogP) is 0.335. The Morgan fingerprint density at radius 1 is 1.41 bits per heavy atom. The molecule has 2 unspecified atom stereocenters. The molecule has 0 fully saturated rings. The standard InChI is InChI=1S/C11H22N4O2/c1-4-15(5-2)7-6-9-13-11(17-14-9)10(12)8(3)16/h8,10,16H,4-7,12H2,1-3H3. The minimum Gasteiger partial charge on any atom is -0.391 e. The summed E-state index contributed by atoms with van der Waals surface area (Å²) in [6.07, 6.45) is 0.0450. The molecule has 6 heteroatoms. The fraction of sp³-hybridized carbons (Fsp3) is 0.818. The van der Waals surface area contributed by atoms with Gasteiger partial charge in [-0.05, 0) is 20.0 Å². The molecule has 1 aromatic heterocycles. The van der Waals surface area contributed by atoms with E-state index in [2.05, 4.69) is 28.9 Å². The van der Waals surface area contributed by atoms with Crippen molar-refractivity contribution in [2.24, 2.45) is 5.73 Å². The van der Waals surface area contributed by atoms with Crippen molar-refractivity contribution in [3.05, 3.63) is 11.7 Å². The van der Waals surface area contributed by atoms with E-state index in [1.807, 2.05) is 0 Å². The lowest BCUT2D eigenvalue weighted by molar-refractivity contribution is 0.146. The van der Waals surface area contributed by atoms with Crippen LogP contribution in [0.3, 0.4) is 0 Å². The summed E-state index contributed by atoms with van der Waals surface area (Å²) in [4.78, 5) is 6.46. The largest absolute Gasteiger partial charge is 0.391 e. The molecule has 0 spiro atoms. The molecule has 0 saturated heterocycles. The minimum absolute atomic E-state index is 0.301. The van der Waals surface area contributed by atoms with Gasteiger partial charge in [0.25, 0.3) is 0 Å². The molecule has 1 heterocycles. The lowest BCUT2D eigenvalue weighted by atomic mass is 10.2. The molecule has 1 aromatic rings. The Morgan fingerprint density at radius 2 is 2.06 bits per heavy atom. The number of rotatable bonds is 7. The van der Waals surface area contributed by atoms with Crippen molar-refractivity contribution in [1.29, 1.82) is 0 Å². The van der Waals surface area contributed by atoms with Crippen LogP contribution in [-0.4, -0.2) is 45.9 Å². The van der Waals surface area contributed by atoms with Crippen molar-refractivity contribution in [2.75, 3.05) is 19.6 Å². The molecule has 3 N–H and O–H groups in total. The molecule has 0 aromatic carbocycles. The Kier molecular flexibility index (Phi) is 5.54. The number of aromatic nitrogens is 2. The lowest BCUT2D eigenvalue weighted by Crippen LogP contribution is -2.26. The first-order valence-corrected chi connectivity index (χ1v) is 6.06. The highest BCUT2D eigenvalue weighted by Crippen LogP contribution is 2.11. The number of hydrogen-bond donors (Lipinski definition) is 2. The smallest absolute Gasteiger partial charge is 0.246 e. The Hall–Kier alpha value is -0.980. The zero-order valence-corrected chi connectivity index (χ0v) is 10.8. The molecular formula is C11H22N4O2. The van der Waals surface area contributed by atoms with E-state index in [9.17, 15) is 5.11 Å². The summed E-state index contributed by atoms with van der Waals surface area (Å²) < 4.78 is 5.02. The average Bonchev–Trinajstić information content (AvgIpc) is 2.78. The highest BCUT2D eigenvalue weighted by molar-refractivity contribution is 4.94. The summed E-state index contributed by atoms with van der Waals surface area (Å²) in [6.45, 7) is 8.76. The number of aliphatic hydroxyl groups excluding tert-OH is 1. The van der Waals surface area contributed by atoms with Crippen LogP contribution in [0, 0.1) is 0 Å². The maximum atomic E-state index is 9.32. The van der Waals surface area contributed by atoms with Crippen LogP contribution in [0.15, 0.2) is 4.52 Å². The summed E-state index contributed by atoms with van der Waals surface area (Å²) in [5.74, 6) is 0.942. The fourth-order valence-corrected chi connectivity index (χ4v) is 1.51. The van der Waals surface area contributed by atoms with Crippen LogP contribution in [0.5, 0.6) is 0 Å². The van der Waals surface area contributed by atoms with Gasteiger partial charge in [-0.15, -0.1) is 0 Å². The van der Waals surface area contributed by atoms with Crippen LogP contribution >= 0.6 is 0 Å². The summed E-state index contributed by atoms with van der Waals surface area (Å²) in [5, 5.41) is 13.2. The van der Waals surface area contributed by atoms with Gasteiger partial charge in [0, 0.05) is 13.0 Å². The summed E-state index contributed by atoms with van der Waals surface area (Å²) in [5.41, 5.74) is 5.70. The first kappa shape index (κ1) is 14.1. The van der Waals surface area contributed by atoms with Crippen molar-refractivity contribution >= 4 is 0 Å². The normalized spacial score (nSPS) is 15.2. The number of hydrogen-bond acceptors (Lipinski definition) is 6. The van der Waals surface area contributed by atoms with Gasteiger partial charge in [0.2, 0.25) is 5.89 Å². The highest BCUT2D eigenvalue weighted by Gasteiger charge is 2.19. The van der Waals surface area contributed by atoms with Crippen molar-refractivity contribution in [3.8, 4) is 0 Å².